The minimum absolute atomic E-state index is 0.0430. The van der Waals surface area contributed by atoms with Gasteiger partial charge in [0, 0.05) is 0 Å². The molecule has 2 aromatic rings. The lowest BCUT2D eigenvalue weighted by Crippen LogP contribution is -2.09. The molecule has 0 aliphatic rings. The van der Waals surface area contributed by atoms with Crippen molar-refractivity contribution in [1.29, 1.82) is 0 Å². The summed E-state index contributed by atoms with van der Waals surface area (Å²) in [7, 11) is -3.38. The number of sulfone groups is 1. The second kappa shape index (κ2) is 9.02. The Bertz CT molecular complexity index is 814. The van der Waals surface area contributed by atoms with E-state index in [4.69, 9.17) is 16.3 Å². The van der Waals surface area contributed by atoms with Crippen molar-refractivity contribution >= 4 is 27.4 Å². The second-order valence-corrected chi connectivity index (χ2v) is 8.14. The van der Waals surface area contributed by atoms with E-state index < -0.39 is 9.84 Å². The van der Waals surface area contributed by atoms with E-state index in [9.17, 15) is 13.2 Å². The van der Waals surface area contributed by atoms with Crippen molar-refractivity contribution in [3.05, 3.63) is 64.7 Å². The van der Waals surface area contributed by atoms with Crippen LogP contribution in [0, 0.1) is 0 Å². The summed E-state index contributed by atoms with van der Waals surface area (Å²) in [6.45, 7) is 2.15. The minimum atomic E-state index is -3.38. The Morgan fingerprint density at radius 1 is 1.04 bits per heavy atom. The number of ether oxygens (including phenoxy) is 1. The number of esters is 1. The van der Waals surface area contributed by atoms with Crippen molar-refractivity contribution in [3.8, 4) is 0 Å². The van der Waals surface area contributed by atoms with Crippen molar-refractivity contribution in [1.82, 2.24) is 0 Å². The molecule has 0 fully saturated rings. The highest BCUT2D eigenvalue weighted by atomic mass is 35.5. The van der Waals surface area contributed by atoms with Crippen molar-refractivity contribution in [3.63, 3.8) is 0 Å². The number of benzene rings is 2. The van der Waals surface area contributed by atoms with Crippen LogP contribution < -0.4 is 0 Å². The summed E-state index contributed by atoms with van der Waals surface area (Å²) in [4.78, 5) is 11.6. The zero-order valence-corrected chi connectivity index (χ0v) is 15.6. The fourth-order valence-electron chi connectivity index (χ4n) is 2.48. The van der Waals surface area contributed by atoms with Gasteiger partial charge in [0.1, 0.15) is 0 Å². The largest absolute Gasteiger partial charge is 0.466 e. The van der Waals surface area contributed by atoms with E-state index in [0.717, 1.165) is 11.1 Å². The predicted molar refractivity (Wildman–Crippen MR) is 98.6 cm³/mol. The molecule has 0 N–H and O–H groups in total. The molecular weight excluding hydrogens is 360 g/mol. The summed E-state index contributed by atoms with van der Waals surface area (Å²) in [6.07, 6.45) is 1.39. The van der Waals surface area contributed by atoms with Crippen LogP contribution in [0.3, 0.4) is 0 Å². The first-order valence-electron chi connectivity index (χ1n) is 8.13. The molecule has 0 aromatic heterocycles. The average molecular weight is 381 g/mol. The van der Waals surface area contributed by atoms with Gasteiger partial charge in [-0.05, 0) is 43.0 Å². The smallest absolute Gasteiger partial charge is 0.310 e. The molecule has 2 aromatic carbocycles. The molecular formula is C19H21ClO4S. The van der Waals surface area contributed by atoms with E-state index in [1.54, 1.807) is 25.1 Å². The van der Waals surface area contributed by atoms with Crippen LogP contribution in [-0.2, 0) is 32.2 Å². The molecule has 0 heterocycles. The molecule has 134 valence electrons. The number of carbonyl (C=O) groups is 1. The Hall–Kier alpha value is -1.85. The number of halogens is 1. The molecule has 0 saturated heterocycles. The summed E-state index contributed by atoms with van der Waals surface area (Å²) < 4.78 is 29.6. The molecule has 2 rings (SSSR count). The SMILES string of the molecule is CCOC(=O)Cc1ccc(CCCS(=O)(=O)c2ccccc2Cl)cc1. The Morgan fingerprint density at radius 3 is 2.32 bits per heavy atom. The third kappa shape index (κ3) is 5.87. The van der Waals surface area contributed by atoms with Crippen molar-refractivity contribution in [2.45, 2.75) is 31.1 Å². The maximum absolute atomic E-state index is 12.3. The van der Waals surface area contributed by atoms with Gasteiger partial charge in [-0.15, -0.1) is 0 Å². The van der Waals surface area contributed by atoms with Crippen molar-refractivity contribution < 1.29 is 17.9 Å². The van der Waals surface area contributed by atoms with Gasteiger partial charge in [0.2, 0.25) is 0 Å². The standard InChI is InChI=1S/C19H21ClO4S/c1-2-24-19(21)14-16-11-9-15(10-12-16)6-5-13-25(22,23)18-8-4-3-7-17(18)20/h3-4,7-12H,2,5-6,13-14H2,1H3. The minimum Gasteiger partial charge on any atom is -0.466 e. The van der Waals surface area contributed by atoms with Crippen molar-refractivity contribution in [2.75, 3.05) is 12.4 Å². The quantitative estimate of drug-likeness (QED) is 0.652. The van der Waals surface area contributed by atoms with Crippen LogP contribution in [0.5, 0.6) is 0 Å². The highest BCUT2D eigenvalue weighted by molar-refractivity contribution is 7.91. The molecule has 0 aliphatic carbocycles. The fraction of sp³-hybridized carbons (Fsp3) is 0.316. The molecule has 4 nitrogen and oxygen atoms in total. The number of hydrogen-bond donors (Lipinski definition) is 0. The molecule has 0 saturated carbocycles. The van der Waals surface area contributed by atoms with E-state index >= 15 is 0 Å². The van der Waals surface area contributed by atoms with Crippen LogP contribution in [0.4, 0.5) is 0 Å². The van der Waals surface area contributed by atoms with Gasteiger partial charge in [0.15, 0.2) is 9.84 Å². The van der Waals surface area contributed by atoms with Gasteiger partial charge < -0.3 is 4.74 Å². The van der Waals surface area contributed by atoms with Gasteiger partial charge in [-0.1, -0.05) is 48.0 Å². The topological polar surface area (TPSA) is 60.4 Å². The molecule has 0 amide bonds. The first kappa shape index (κ1) is 19.5. The lowest BCUT2D eigenvalue weighted by molar-refractivity contribution is -0.142. The lowest BCUT2D eigenvalue weighted by Gasteiger charge is -2.07. The summed E-state index contributed by atoms with van der Waals surface area (Å²) >= 11 is 5.97. The van der Waals surface area contributed by atoms with Gasteiger partial charge in [0.05, 0.1) is 28.7 Å². The number of rotatable bonds is 8. The fourth-order valence-corrected chi connectivity index (χ4v) is 4.36. The second-order valence-electron chi connectivity index (χ2n) is 5.65. The third-order valence-electron chi connectivity index (χ3n) is 3.73. The van der Waals surface area contributed by atoms with Crippen LogP contribution >= 0.6 is 11.6 Å². The molecule has 6 heteroatoms. The maximum Gasteiger partial charge on any atom is 0.310 e. The third-order valence-corrected chi connectivity index (χ3v) is 6.02. The van der Waals surface area contributed by atoms with E-state index in [1.165, 1.54) is 6.07 Å². The number of hydrogen-bond acceptors (Lipinski definition) is 4. The molecule has 0 aliphatic heterocycles. The summed E-state index contributed by atoms with van der Waals surface area (Å²) in [6, 6.07) is 14.1. The van der Waals surface area contributed by atoms with Crippen LogP contribution in [0.1, 0.15) is 24.5 Å². The first-order valence-corrected chi connectivity index (χ1v) is 10.2. The summed E-state index contributed by atoms with van der Waals surface area (Å²) in [5.41, 5.74) is 1.91. The van der Waals surface area contributed by atoms with E-state index in [1.807, 2.05) is 24.3 Å². The van der Waals surface area contributed by atoms with Gasteiger partial charge in [0.25, 0.3) is 0 Å². The molecule has 0 spiro atoms. The van der Waals surface area contributed by atoms with Crippen LogP contribution in [-0.4, -0.2) is 26.7 Å². The zero-order chi connectivity index (χ0) is 18.3. The van der Waals surface area contributed by atoms with E-state index in [2.05, 4.69) is 0 Å². The Labute approximate surface area is 153 Å². The first-order chi connectivity index (χ1) is 11.9. The monoisotopic (exact) mass is 380 g/mol. The van der Waals surface area contributed by atoms with Crippen LogP contribution in [0.25, 0.3) is 0 Å². The summed E-state index contributed by atoms with van der Waals surface area (Å²) in [5, 5.41) is 0.255. The molecule has 25 heavy (non-hydrogen) atoms. The molecule has 0 radical (unpaired) electrons. The van der Waals surface area contributed by atoms with Crippen molar-refractivity contribution in [2.24, 2.45) is 0 Å². The van der Waals surface area contributed by atoms with Gasteiger partial charge in [-0.3, -0.25) is 4.79 Å². The number of carbonyl (C=O) groups excluding carboxylic acids is 1. The van der Waals surface area contributed by atoms with Crippen LogP contribution in [0.15, 0.2) is 53.4 Å². The highest BCUT2D eigenvalue weighted by Crippen LogP contribution is 2.22. The van der Waals surface area contributed by atoms with E-state index in [-0.39, 0.29) is 28.1 Å². The Kier molecular flexibility index (Phi) is 7.02. The highest BCUT2D eigenvalue weighted by Gasteiger charge is 2.17. The molecule has 0 atom stereocenters. The lowest BCUT2D eigenvalue weighted by atomic mass is 10.1. The average Bonchev–Trinajstić information content (AvgIpc) is 2.57. The normalized spacial score (nSPS) is 11.3. The zero-order valence-electron chi connectivity index (χ0n) is 14.1. The Morgan fingerprint density at radius 2 is 1.68 bits per heavy atom. The molecule has 0 unspecified atom stereocenters. The number of aryl methyl sites for hydroxylation is 1. The van der Waals surface area contributed by atoms with Gasteiger partial charge in [-0.2, -0.15) is 0 Å². The predicted octanol–water partition coefficient (Wildman–Crippen LogP) is 3.85. The Balaban J connectivity index is 1.89. The van der Waals surface area contributed by atoms with Gasteiger partial charge in [-0.25, -0.2) is 8.42 Å². The van der Waals surface area contributed by atoms with Crippen LogP contribution in [0.2, 0.25) is 5.02 Å². The van der Waals surface area contributed by atoms with Gasteiger partial charge >= 0.3 is 5.97 Å². The molecule has 0 bridgehead atoms. The summed E-state index contributed by atoms with van der Waals surface area (Å²) in [5.74, 6) is -0.206. The maximum atomic E-state index is 12.3. The van der Waals surface area contributed by atoms with E-state index in [0.29, 0.717) is 19.4 Å².